The molecule has 0 bridgehead atoms. The topological polar surface area (TPSA) is 83.8 Å². The number of benzene rings is 1. The Hall–Kier alpha value is -2.30. The molecule has 1 aromatic carbocycles. The van der Waals surface area contributed by atoms with Gasteiger partial charge >= 0.3 is 0 Å². The first-order valence-corrected chi connectivity index (χ1v) is 4.85. The average Bonchev–Trinajstić information content (AvgIpc) is 2.27. The van der Waals surface area contributed by atoms with Crippen molar-refractivity contribution in [1.29, 1.82) is 0 Å². The Morgan fingerprint density at radius 1 is 1.31 bits per heavy atom. The van der Waals surface area contributed by atoms with E-state index in [0.717, 1.165) is 5.69 Å². The number of nitrogens with zero attached hydrogens (tertiary/aromatic N) is 1. The fraction of sp³-hybridized carbons (Fsp3) is 0.0909. The van der Waals surface area contributed by atoms with Gasteiger partial charge in [-0.15, -0.1) is 0 Å². The number of nitrogens with one attached hydrogen (secondary N) is 2. The van der Waals surface area contributed by atoms with E-state index < -0.39 is 0 Å². The van der Waals surface area contributed by atoms with Crippen molar-refractivity contribution >= 4 is 17.5 Å². The summed E-state index contributed by atoms with van der Waals surface area (Å²) in [5, 5.41) is 2.97. The highest BCUT2D eigenvalue weighted by Gasteiger charge is 2.03. The average molecular weight is 216 g/mol. The predicted octanol–water partition coefficient (Wildman–Crippen LogP) is 1.40. The number of rotatable bonds is 2. The quantitative estimate of drug-likeness (QED) is 0.708. The number of H-pyrrole nitrogens is 1. The summed E-state index contributed by atoms with van der Waals surface area (Å²) in [5.41, 5.74) is 6.64. The number of nitrogen functional groups attached to an aromatic ring is 1. The molecular formula is C11H12N4O. The van der Waals surface area contributed by atoms with Gasteiger partial charge in [-0.2, -0.15) is 4.98 Å². The highest BCUT2D eigenvalue weighted by atomic mass is 16.1. The molecule has 0 aliphatic rings. The molecule has 0 saturated heterocycles. The summed E-state index contributed by atoms with van der Waals surface area (Å²) in [6.07, 6.45) is 0. The molecule has 5 heteroatoms. The lowest BCUT2D eigenvalue weighted by Gasteiger charge is -2.06. The molecule has 2 aromatic rings. The molecule has 0 radical (unpaired) electrons. The van der Waals surface area contributed by atoms with E-state index in [1.54, 1.807) is 6.92 Å². The van der Waals surface area contributed by atoms with Gasteiger partial charge in [0.15, 0.2) is 0 Å². The molecule has 0 unspecified atom stereocenters. The van der Waals surface area contributed by atoms with Crippen LogP contribution in [0.2, 0.25) is 0 Å². The van der Waals surface area contributed by atoms with Gasteiger partial charge < -0.3 is 11.1 Å². The Balaban J connectivity index is 2.33. The van der Waals surface area contributed by atoms with Gasteiger partial charge in [-0.05, 0) is 19.1 Å². The Morgan fingerprint density at radius 3 is 2.62 bits per heavy atom. The molecule has 0 atom stereocenters. The van der Waals surface area contributed by atoms with Gasteiger partial charge in [0.25, 0.3) is 5.56 Å². The van der Waals surface area contributed by atoms with E-state index in [1.807, 2.05) is 30.3 Å². The van der Waals surface area contributed by atoms with Crippen molar-refractivity contribution in [2.24, 2.45) is 0 Å². The van der Waals surface area contributed by atoms with Crippen molar-refractivity contribution in [3.05, 3.63) is 46.2 Å². The van der Waals surface area contributed by atoms with E-state index in [1.165, 1.54) is 0 Å². The van der Waals surface area contributed by atoms with Crippen LogP contribution in [-0.2, 0) is 0 Å². The second-order valence-corrected chi connectivity index (χ2v) is 3.42. The fourth-order valence-corrected chi connectivity index (χ4v) is 1.27. The van der Waals surface area contributed by atoms with E-state index in [9.17, 15) is 4.79 Å². The van der Waals surface area contributed by atoms with Crippen LogP contribution in [0.15, 0.2) is 35.1 Å². The summed E-state index contributed by atoms with van der Waals surface area (Å²) < 4.78 is 0. The molecule has 4 N–H and O–H groups in total. The van der Waals surface area contributed by atoms with E-state index in [4.69, 9.17) is 5.73 Å². The zero-order valence-electron chi connectivity index (χ0n) is 8.82. The Labute approximate surface area is 92.3 Å². The van der Waals surface area contributed by atoms with Crippen LogP contribution in [-0.4, -0.2) is 9.97 Å². The standard InChI is InChI=1S/C11H12N4O/c1-7-9(12)14-11(15-10(7)16)13-8-5-3-2-4-6-8/h2-6H,1H3,(H4,12,13,14,15,16). The number of anilines is 3. The van der Waals surface area contributed by atoms with Crippen LogP contribution in [0.3, 0.4) is 0 Å². The predicted molar refractivity (Wildman–Crippen MR) is 63.7 cm³/mol. The summed E-state index contributed by atoms with van der Waals surface area (Å²) in [7, 11) is 0. The minimum Gasteiger partial charge on any atom is -0.383 e. The van der Waals surface area contributed by atoms with Gasteiger partial charge in [-0.1, -0.05) is 18.2 Å². The van der Waals surface area contributed by atoms with Crippen molar-refractivity contribution in [3.8, 4) is 0 Å². The summed E-state index contributed by atoms with van der Waals surface area (Å²) in [6, 6.07) is 9.42. The third kappa shape index (κ3) is 2.03. The zero-order valence-corrected chi connectivity index (χ0v) is 8.82. The maximum Gasteiger partial charge on any atom is 0.257 e. The highest BCUT2D eigenvalue weighted by Crippen LogP contribution is 2.12. The van der Waals surface area contributed by atoms with E-state index in [2.05, 4.69) is 15.3 Å². The SMILES string of the molecule is Cc1c(N)nc(Nc2ccccc2)[nH]c1=O. The minimum absolute atomic E-state index is 0.231. The van der Waals surface area contributed by atoms with Crippen molar-refractivity contribution in [1.82, 2.24) is 9.97 Å². The number of hydrogen-bond donors (Lipinski definition) is 3. The first-order chi connectivity index (χ1) is 7.66. The van der Waals surface area contributed by atoms with Gasteiger partial charge in [-0.25, -0.2) is 0 Å². The van der Waals surface area contributed by atoms with Crippen molar-refractivity contribution in [2.45, 2.75) is 6.92 Å². The normalized spacial score (nSPS) is 10.1. The lowest BCUT2D eigenvalue weighted by Crippen LogP contribution is -2.16. The second kappa shape index (κ2) is 4.06. The second-order valence-electron chi connectivity index (χ2n) is 3.42. The summed E-state index contributed by atoms with van der Waals surface area (Å²) in [6.45, 7) is 1.63. The Bertz CT molecular complexity index is 548. The molecule has 1 aromatic heterocycles. The minimum atomic E-state index is -0.231. The number of nitrogens with two attached hydrogens (primary N) is 1. The number of aromatic nitrogens is 2. The number of aromatic amines is 1. The monoisotopic (exact) mass is 216 g/mol. The number of para-hydroxylation sites is 1. The van der Waals surface area contributed by atoms with Crippen LogP contribution in [0.4, 0.5) is 17.5 Å². The van der Waals surface area contributed by atoms with Crippen LogP contribution >= 0.6 is 0 Å². The fourth-order valence-electron chi connectivity index (χ4n) is 1.27. The highest BCUT2D eigenvalue weighted by molar-refractivity contribution is 5.54. The maximum absolute atomic E-state index is 11.4. The van der Waals surface area contributed by atoms with Gasteiger partial charge in [-0.3, -0.25) is 9.78 Å². The van der Waals surface area contributed by atoms with Gasteiger partial charge in [0.05, 0.1) is 5.56 Å². The van der Waals surface area contributed by atoms with Gasteiger partial charge in [0.2, 0.25) is 5.95 Å². The zero-order chi connectivity index (χ0) is 11.5. The molecule has 0 spiro atoms. The van der Waals surface area contributed by atoms with Crippen molar-refractivity contribution in [3.63, 3.8) is 0 Å². The van der Waals surface area contributed by atoms with E-state index in [0.29, 0.717) is 11.5 Å². The lowest BCUT2D eigenvalue weighted by atomic mass is 10.3. The summed E-state index contributed by atoms with van der Waals surface area (Å²) in [4.78, 5) is 18.1. The Morgan fingerprint density at radius 2 is 2.00 bits per heavy atom. The van der Waals surface area contributed by atoms with Crippen LogP contribution in [0.1, 0.15) is 5.56 Å². The van der Waals surface area contributed by atoms with Crippen LogP contribution < -0.4 is 16.6 Å². The summed E-state index contributed by atoms with van der Waals surface area (Å²) in [5.74, 6) is 0.585. The molecule has 0 saturated carbocycles. The molecule has 2 rings (SSSR count). The molecule has 0 aliphatic heterocycles. The van der Waals surface area contributed by atoms with Crippen LogP contribution in [0.5, 0.6) is 0 Å². The van der Waals surface area contributed by atoms with Gasteiger partial charge in [0.1, 0.15) is 5.82 Å². The Kier molecular flexibility index (Phi) is 2.59. The van der Waals surface area contributed by atoms with Crippen molar-refractivity contribution < 1.29 is 0 Å². The van der Waals surface area contributed by atoms with E-state index >= 15 is 0 Å². The largest absolute Gasteiger partial charge is 0.383 e. The first-order valence-electron chi connectivity index (χ1n) is 4.85. The first kappa shape index (κ1) is 10.2. The molecule has 82 valence electrons. The molecule has 16 heavy (non-hydrogen) atoms. The number of hydrogen-bond acceptors (Lipinski definition) is 4. The van der Waals surface area contributed by atoms with Gasteiger partial charge in [0, 0.05) is 5.69 Å². The third-order valence-electron chi connectivity index (χ3n) is 2.23. The van der Waals surface area contributed by atoms with Crippen LogP contribution in [0, 0.1) is 6.92 Å². The molecule has 1 heterocycles. The molecule has 0 aliphatic carbocycles. The molecule has 5 nitrogen and oxygen atoms in total. The smallest absolute Gasteiger partial charge is 0.257 e. The molecular weight excluding hydrogens is 204 g/mol. The molecule has 0 fully saturated rings. The van der Waals surface area contributed by atoms with E-state index in [-0.39, 0.29) is 11.4 Å². The maximum atomic E-state index is 11.4. The van der Waals surface area contributed by atoms with Crippen molar-refractivity contribution in [2.75, 3.05) is 11.1 Å². The molecule has 0 amide bonds. The summed E-state index contributed by atoms with van der Waals surface area (Å²) >= 11 is 0. The third-order valence-corrected chi connectivity index (χ3v) is 2.23. The lowest BCUT2D eigenvalue weighted by molar-refractivity contribution is 1.09. The van der Waals surface area contributed by atoms with Crippen LogP contribution in [0.25, 0.3) is 0 Å².